The molecule has 0 aliphatic carbocycles. The van der Waals surface area contributed by atoms with Crippen molar-refractivity contribution in [3.63, 3.8) is 0 Å². The SMILES string of the molecule is CC(C)c1ccc(C(C)NCc2cn(C)nc2-c2cccnc2)cc1. The molecule has 0 fully saturated rings. The van der Waals surface area contributed by atoms with E-state index in [-0.39, 0.29) is 6.04 Å². The number of pyridine rings is 1. The molecular formula is C21H26N4. The van der Waals surface area contributed by atoms with Crippen LogP contribution in [0.25, 0.3) is 11.3 Å². The van der Waals surface area contributed by atoms with E-state index >= 15 is 0 Å². The lowest BCUT2D eigenvalue weighted by Crippen LogP contribution is -2.18. The molecule has 1 atom stereocenters. The van der Waals surface area contributed by atoms with E-state index in [1.165, 1.54) is 16.7 Å². The number of aromatic nitrogens is 3. The van der Waals surface area contributed by atoms with Crippen LogP contribution in [-0.4, -0.2) is 14.8 Å². The van der Waals surface area contributed by atoms with Crippen molar-refractivity contribution in [2.75, 3.05) is 0 Å². The molecule has 1 unspecified atom stereocenters. The first-order valence-corrected chi connectivity index (χ1v) is 8.80. The summed E-state index contributed by atoms with van der Waals surface area (Å²) in [4.78, 5) is 4.21. The Hall–Kier alpha value is -2.46. The molecule has 0 spiro atoms. The van der Waals surface area contributed by atoms with Crippen LogP contribution in [0, 0.1) is 0 Å². The summed E-state index contributed by atoms with van der Waals surface area (Å²) in [5, 5.41) is 8.21. The Morgan fingerprint density at radius 3 is 2.40 bits per heavy atom. The van der Waals surface area contributed by atoms with E-state index in [9.17, 15) is 0 Å². The highest BCUT2D eigenvalue weighted by atomic mass is 15.3. The van der Waals surface area contributed by atoms with Crippen LogP contribution in [0.2, 0.25) is 0 Å². The number of benzene rings is 1. The van der Waals surface area contributed by atoms with Crippen molar-refractivity contribution in [2.24, 2.45) is 7.05 Å². The Morgan fingerprint density at radius 2 is 1.76 bits per heavy atom. The van der Waals surface area contributed by atoms with Crippen LogP contribution in [0.4, 0.5) is 0 Å². The van der Waals surface area contributed by atoms with Crippen molar-refractivity contribution in [1.29, 1.82) is 0 Å². The molecule has 2 aromatic heterocycles. The maximum Gasteiger partial charge on any atom is 0.0983 e. The van der Waals surface area contributed by atoms with Crippen molar-refractivity contribution in [1.82, 2.24) is 20.1 Å². The quantitative estimate of drug-likeness (QED) is 0.724. The largest absolute Gasteiger partial charge is 0.306 e. The Kier molecular flexibility index (Phi) is 5.29. The van der Waals surface area contributed by atoms with Gasteiger partial charge in [-0.2, -0.15) is 5.10 Å². The molecule has 0 radical (unpaired) electrons. The molecule has 0 amide bonds. The number of nitrogens with one attached hydrogen (secondary N) is 1. The first-order valence-electron chi connectivity index (χ1n) is 8.80. The second-order valence-corrected chi connectivity index (χ2v) is 6.84. The second-order valence-electron chi connectivity index (χ2n) is 6.84. The van der Waals surface area contributed by atoms with Gasteiger partial charge in [0.1, 0.15) is 0 Å². The van der Waals surface area contributed by atoms with E-state index in [2.05, 4.69) is 66.6 Å². The number of rotatable bonds is 6. The first kappa shape index (κ1) is 17.4. The van der Waals surface area contributed by atoms with Crippen LogP contribution < -0.4 is 5.32 Å². The fraction of sp³-hybridized carbons (Fsp3) is 0.333. The maximum absolute atomic E-state index is 4.60. The summed E-state index contributed by atoms with van der Waals surface area (Å²) in [6.45, 7) is 7.41. The van der Waals surface area contributed by atoms with Crippen LogP contribution in [0.15, 0.2) is 55.0 Å². The monoisotopic (exact) mass is 334 g/mol. The summed E-state index contributed by atoms with van der Waals surface area (Å²) in [5.74, 6) is 0.565. The minimum atomic E-state index is 0.281. The zero-order valence-electron chi connectivity index (χ0n) is 15.4. The molecule has 4 heteroatoms. The van der Waals surface area contributed by atoms with Crippen molar-refractivity contribution >= 4 is 0 Å². The average Bonchev–Trinajstić information content (AvgIpc) is 3.01. The fourth-order valence-electron chi connectivity index (χ4n) is 2.96. The zero-order valence-corrected chi connectivity index (χ0v) is 15.4. The van der Waals surface area contributed by atoms with Gasteiger partial charge in [0.2, 0.25) is 0 Å². The average molecular weight is 334 g/mol. The van der Waals surface area contributed by atoms with Gasteiger partial charge in [-0.1, -0.05) is 38.1 Å². The minimum Gasteiger partial charge on any atom is -0.306 e. The standard InChI is InChI=1S/C21H26N4/c1-15(2)17-7-9-18(10-8-17)16(3)23-13-20-14-25(4)24-21(20)19-6-5-11-22-12-19/h5-12,14-16,23H,13H2,1-4H3. The third kappa shape index (κ3) is 4.15. The summed E-state index contributed by atoms with van der Waals surface area (Å²) in [6, 6.07) is 13.2. The second kappa shape index (κ2) is 7.62. The van der Waals surface area contributed by atoms with E-state index in [1.807, 2.05) is 30.1 Å². The molecule has 1 aromatic carbocycles. The van der Waals surface area contributed by atoms with Gasteiger partial charge in [0, 0.05) is 49.4 Å². The lowest BCUT2D eigenvalue weighted by molar-refractivity contribution is 0.574. The molecule has 3 aromatic rings. The molecule has 3 rings (SSSR count). The summed E-state index contributed by atoms with van der Waals surface area (Å²) in [5.41, 5.74) is 5.90. The predicted octanol–water partition coefficient (Wildman–Crippen LogP) is 4.46. The van der Waals surface area contributed by atoms with Gasteiger partial charge in [-0.3, -0.25) is 9.67 Å². The number of aryl methyl sites for hydroxylation is 1. The molecule has 0 aliphatic heterocycles. The third-order valence-electron chi connectivity index (χ3n) is 4.54. The molecule has 2 heterocycles. The van der Waals surface area contributed by atoms with Crippen LogP contribution >= 0.6 is 0 Å². The normalized spacial score (nSPS) is 12.5. The summed E-state index contributed by atoms with van der Waals surface area (Å²) >= 11 is 0. The summed E-state index contributed by atoms with van der Waals surface area (Å²) in [7, 11) is 1.96. The van der Waals surface area contributed by atoms with E-state index in [0.29, 0.717) is 5.92 Å². The van der Waals surface area contributed by atoms with Crippen molar-refractivity contribution < 1.29 is 0 Å². The highest BCUT2D eigenvalue weighted by Gasteiger charge is 2.12. The molecule has 0 aliphatic rings. The van der Waals surface area contributed by atoms with Gasteiger partial charge in [-0.25, -0.2) is 0 Å². The van der Waals surface area contributed by atoms with Gasteiger partial charge >= 0.3 is 0 Å². The molecule has 25 heavy (non-hydrogen) atoms. The number of hydrogen-bond acceptors (Lipinski definition) is 3. The molecule has 0 saturated heterocycles. The van der Waals surface area contributed by atoms with E-state index < -0.39 is 0 Å². The van der Waals surface area contributed by atoms with E-state index in [4.69, 9.17) is 0 Å². The van der Waals surface area contributed by atoms with Gasteiger partial charge in [0.15, 0.2) is 0 Å². The third-order valence-corrected chi connectivity index (χ3v) is 4.54. The highest BCUT2D eigenvalue weighted by molar-refractivity contribution is 5.61. The van der Waals surface area contributed by atoms with Gasteiger partial charge in [0.25, 0.3) is 0 Å². The van der Waals surface area contributed by atoms with Crippen molar-refractivity contribution in [2.45, 2.75) is 39.3 Å². The smallest absolute Gasteiger partial charge is 0.0983 e. The number of hydrogen-bond donors (Lipinski definition) is 1. The number of nitrogens with zero attached hydrogens (tertiary/aromatic N) is 3. The lowest BCUT2D eigenvalue weighted by atomic mass is 9.99. The van der Waals surface area contributed by atoms with Gasteiger partial charge in [-0.05, 0) is 36.1 Å². The van der Waals surface area contributed by atoms with Gasteiger partial charge < -0.3 is 5.32 Å². The fourth-order valence-corrected chi connectivity index (χ4v) is 2.96. The molecule has 0 saturated carbocycles. The lowest BCUT2D eigenvalue weighted by Gasteiger charge is -2.15. The van der Waals surface area contributed by atoms with Crippen LogP contribution in [0.3, 0.4) is 0 Å². The molecule has 4 nitrogen and oxygen atoms in total. The minimum absolute atomic E-state index is 0.281. The van der Waals surface area contributed by atoms with Gasteiger partial charge in [-0.15, -0.1) is 0 Å². The highest BCUT2D eigenvalue weighted by Crippen LogP contribution is 2.22. The molecule has 130 valence electrons. The Labute approximate surface area is 149 Å². The first-order chi connectivity index (χ1) is 12.0. The summed E-state index contributed by atoms with van der Waals surface area (Å²) < 4.78 is 1.86. The Bertz CT molecular complexity index is 804. The van der Waals surface area contributed by atoms with Crippen LogP contribution in [0.1, 0.15) is 49.4 Å². The Morgan fingerprint density at radius 1 is 1.04 bits per heavy atom. The van der Waals surface area contributed by atoms with Crippen LogP contribution in [-0.2, 0) is 13.6 Å². The molecule has 0 bridgehead atoms. The van der Waals surface area contributed by atoms with E-state index in [1.54, 1.807) is 6.20 Å². The molecular weight excluding hydrogens is 308 g/mol. The van der Waals surface area contributed by atoms with Crippen LogP contribution in [0.5, 0.6) is 0 Å². The topological polar surface area (TPSA) is 42.7 Å². The van der Waals surface area contributed by atoms with Gasteiger partial charge in [0.05, 0.1) is 5.69 Å². The van der Waals surface area contributed by atoms with E-state index in [0.717, 1.165) is 17.8 Å². The predicted molar refractivity (Wildman–Crippen MR) is 102 cm³/mol. The Balaban J connectivity index is 1.71. The summed E-state index contributed by atoms with van der Waals surface area (Å²) in [6.07, 6.45) is 5.72. The van der Waals surface area contributed by atoms with Crippen molar-refractivity contribution in [3.8, 4) is 11.3 Å². The van der Waals surface area contributed by atoms with Crippen molar-refractivity contribution in [3.05, 3.63) is 71.7 Å². The molecule has 1 N–H and O–H groups in total. The zero-order chi connectivity index (χ0) is 17.8. The maximum atomic E-state index is 4.60.